The van der Waals surface area contributed by atoms with Crippen LogP contribution in [0.4, 0.5) is 17.1 Å². The normalized spacial score (nSPS) is 12.4. The zero-order valence-electron chi connectivity index (χ0n) is 16.8. The number of hydrogen-bond acceptors (Lipinski definition) is 7. The second-order valence-electron chi connectivity index (χ2n) is 7.03. The molecule has 12 heteroatoms. The van der Waals surface area contributed by atoms with Crippen LogP contribution in [0.3, 0.4) is 0 Å². The van der Waals surface area contributed by atoms with Crippen LogP contribution in [-0.2, 0) is 16.0 Å². The lowest BCUT2D eigenvalue weighted by Crippen LogP contribution is -2.42. The fraction of sp³-hybridized carbons (Fsp3) is 0.250. The van der Waals surface area contributed by atoms with Gasteiger partial charge in [0.25, 0.3) is 17.3 Å². The molecule has 0 unspecified atom stereocenters. The zero-order chi connectivity index (χ0) is 23.3. The van der Waals surface area contributed by atoms with Gasteiger partial charge in [0.05, 0.1) is 21.5 Å². The van der Waals surface area contributed by atoms with Crippen LogP contribution < -0.4 is 15.8 Å². The van der Waals surface area contributed by atoms with E-state index in [9.17, 15) is 34.6 Å². The molecule has 32 heavy (non-hydrogen) atoms. The number of para-hydroxylation sites is 1. The molecule has 1 aliphatic heterocycles. The maximum Gasteiger partial charge on any atom is 0.277 e. The number of hydrazine groups is 1. The SMILES string of the molecule is O=C(CCC(=O)N1CCCc2ccccc21)NNC(=O)c1cc([N+](=O)[O-])cc([N+](=O)[O-])c1. The monoisotopic (exact) mass is 441 g/mol. The fourth-order valence-corrected chi connectivity index (χ4v) is 3.35. The molecule has 166 valence electrons. The van der Waals surface area contributed by atoms with E-state index in [0.29, 0.717) is 6.54 Å². The number of carbonyl (C=O) groups is 3. The molecule has 12 nitrogen and oxygen atoms in total. The lowest BCUT2D eigenvalue weighted by atomic mass is 10.0. The van der Waals surface area contributed by atoms with Crippen molar-refractivity contribution < 1.29 is 24.2 Å². The molecule has 2 aromatic rings. The molecule has 2 N–H and O–H groups in total. The first-order chi connectivity index (χ1) is 15.3. The summed E-state index contributed by atoms with van der Waals surface area (Å²) in [6, 6.07) is 9.97. The Hall–Kier alpha value is -4.35. The summed E-state index contributed by atoms with van der Waals surface area (Å²) in [6.45, 7) is 0.555. The van der Waals surface area contributed by atoms with Crippen LogP contribution in [0.15, 0.2) is 42.5 Å². The van der Waals surface area contributed by atoms with Gasteiger partial charge in [-0.2, -0.15) is 0 Å². The summed E-state index contributed by atoms with van der Waals surface area (Å²) in [5.74, 6) is -1.86. The van der Waals surface area contributed by atoms with E-state index in [1.807, 2.05) is 29.7 Å². The number of nitrogens with zero attached hydrogens (tertiary/aromatic N) is 3. The van der Waals surface area contributed by atoms with Gasteiger partial charge >= 0.3 is 0 Å². The maximum atomic E-state index is 12.6. The first-order valence-electron chi connectivity index (χ1n) is 9.67. The number of carbonyl (C=O) groups excluding carboxylic acids is 3. The average Bonchev–Trinajstić information content (AvgIpc) is 2.80. The van der Waals surface area contributed by atoms with Crippen molar-refractivity contribution in [3.05, 3.63) is 73.8 Å². The Kier molecular flexibility index (Phi) is 6.73. The topological polar surface area (TPSA) is 165 Å². The molecule has 0 aromatic heterocycles. The molecule has 0 bridgehead atoms. The van der Waals surface area contributed by atoms with Gasteiger partial charge < -0.3 is 4.90 Å². The third-order valence-electron chi connectivity index (χ3n) is 4.88. The molecule has 0 saturated carbocycles. The van der Waals surface area contributed by atoms with Crippen molar-refractivity contribution in [2.45, 2.75) is 25.7 Å². The van der Waals surface area contributed by atoms with E-state index in [4.69, 9.17) is 0 Å². The standard InChI is InChI=1S/C20H19N5O7/c26-18(7-8-19(27)23-9-3-5-13-4-1-2-6-17(13)23)21-22-20(28)14-10-15(24(29)30)12-16(11-14)25(31)32/h1-2,4,6,10-12H,3,5,7-9H2,(H,21,26)(H,22,28). The number of nitro groups is 2. The first kappa shape index (κ1) is 22.3. The van der Waals surface area contributed by atoms with Crippen molar-refractivity contribution in [1.29, 1.82) is 0 Å². The Morgan fingerprint density at radius 2 is 1.59 bits per heavy atom. The van der Waals surface area contributed by atoms with E-state index in [1.54, 1.807) is 4.90 Å². The average molecular weight is 441 g/mol. The number of nitro benzene ring substituents is 2. The van der Waals surface area contributed by atoms with Crippen LogP contribution in [0.1, 0.15) is 35.2 Å². The summed E-state index contributed by atoms with van der Waals surface area (Å²) in [5, 5.41) is 21.8. The Morgan fingerprint density at radius 3 is 2.25 bits per heavy atom. The smallest absolute Gasteiger partial charge is 0.277 e. The van der Waals surface area contributed by atoms with Gasteiger partial charge in [-0.05, 0) is 24.5 Å². The summed E-state index contributed by atoms with van der Waals surface area (Å²) in [4.78, 5) is 58.5. The van der Waals surface area contributed by atoms with Crippen molar-refractivity contribution in [3.8, 4) is 0 Å². The predicted octanol–water partition coefficient (Wildman–Crippen LogP) is 2.02. The Balaban J connectivity index is 1.55. The van der Waals surface area contributed by atoms with Gasteiger partial charge in [0.2, 0.25) is 11.8 Å². The Morgan fingerprint density at radius 1 is 0.938 bits per heavy atom. The number of non-ortho nitro benzene ring substituents is 2. The lowest BCUT2D eigenvalue weighted by molar-refractivity contribution is -0.394. The van der Waals surface area contributed by atoms with Gasteiger partial charge in [-0.25, -0.2) is 0 Å². The molecule has 1 aliphatic rings. The van der Waals surface area contributed by atoms with Gasteiger partial charge in [0.15, 0.2) is 0 Å². The highest BCUT2D eigenvalue weighted by molar-refractivity contribution is 5.98. The third kappa shape index (κ3) is 5.22. The second-order valence-corrected chi connectivity index (χ2v) is 7.03. The maximum absolute atomic E-state index is 12.6. The highest BCUT2D eigenvalue weighted by Gasteiger charge is 2.23. The number of aryl methyl sites for hydroxylation is 1. The van der Waals surface area contributed by atoms with Gasteiger partial charge in [-0.15, -0.1) is 0 Å². The minimum Gasteiger partial charge on any atom is -0.312 e. The third-order valence-corrected chi connectivity index (χ3v) is 4.88. The number of fused-ring (bicyclic) bond motifs is 1. The fourth-order valence-electron chi connectivity index (χ4n) is 3.35. The number of rotatable bonds is 6. The van der Waals surface area contributed by atoms with Crippen LogP contribution in [0.2, 0.25) is 0 Å². The molecule has 2 aromatic carbocycles. The predicted molar refractivity (Wildman–Crippen MR) is 112 cm³/mol. The van der Waals surface area contributed by atoms with Gasteiger partial charge in [0.1, 0.15) is 0 Å². The molecule has 0 saturated heterocycles. The molecule has 3 amide bonds. The summed E-state index contributed by atoms with van der Waals surface area (Å²) >= 11 is 0. The number of benzene rings is 2. The van der Waals surface area contributed by atoms with E-state index >= 15 is 0 Å². The lowest BCUT2D eigenvalue weighted by Gasteiger charge is -2.29. The molecular weight excluding hydrogens is 422 g/mol. The molecule has 0 aliphatic carbocycles. The molecule has 0 fully saturated rings. The van der Waals surface area contributed by atoms with E-state index in [-0.39, 0.29) is 24.3 Å². The molecule has 3 rings (SSSR count). The van der Waals surface area contributed by atoms with Crippen LogP contribution in [0.25, 0.3) is 0 Å². The van der Waals surface area contributed by atoms with Crippen LogP contribution in [0.5, 0.6) is 0 Å². The first-order valence-corrected chi connectivity index (χ1v) is 9.67. The molecule has 0 atom stereocenters. The van der Waals surface area contributed by atoms with Crippen LogP contribution >= 0.6 is 0 Å². The summed E-state index contributed by atoms with van der Waals surface area (Å²) < 4.78 is 0. The van der Waals surface area contributed by atoms with Gasteiger partial charge in [-0.3, -0.25) is 45.5 Å². The van der Waals surface area contributed by atoms with E-state index in [2.05, 4.69) is 5.43 Å². The minimum atomic E-state index is -0.971. The van der Waals surface area contributed by atoms with Crippen molar-refractivity contribution >= 4 is 34.8 Å². The number of amides is 3. The van der Waals surface area contributed by atoms with E-state index in [0.717, 1.165) is 42.3 Å². The highest BCUT2D eigenvalue weighted by Crippen LogP contribution is 2.27. The number of nitrogens with one attached hydrogen (secondary N) is 2. The summed E-state index contributed by atoms with van der Waals surface area (Å²) in [6.07, 6.45) is 1.41. The Labute approximate surface area is 181 Å². The Bertz CT molecular complexity index is 1070. The number of hydrogen-bond donors (Lipinski definition) is 2. The van der Waals surface area contributed by atoms with Crippen molar-refractivity contribution in [1.82, 2.24) is 10.9 Å². The summed E-state index contributed by atoms with van der Waals surface area (Å²) in [7, 11) is 0. The minimum absolute atomic E-state index is 0.0850. The second kappa shape index (κ2) is 9.64. The van der Waals surface area contributed by atoms with Crippen LogP contribution in [0, 0.1) is 20.2 Å². The zero-order valence-corrected chi connectivity index (χ0v) is 16.8. The van der Waals surface area contributed by atoms with E-state index < -0.39 is 33.0 Å². The summed E-state index contributed by atoms with van der Waals surface area (Å²) in [5.41, 5.74) is 4.40. The van der Waals surface area contributed by atoms with E-state index in [1.165, 1.54) is 0 Å². The molecular formula is C20H19N5O7. The quantitative estimate of drug-likeness (QED) is 0.511. The van der Waals surface area contributed by atoms with Gasteiger partial charge in [0, 0.05) is 37.2 Å². The molecule has 0 spiro atoms. The van der Waals surface area contributed by atoms with Crippen molar-refractivity contribution in [3.63, 3.8) is 0 Å². The number of anilines is 1. The van der Waals surface area contributed by atoms with Crippen molar-refractivity contribution in [2.75, 3.05) is 11.4 Å². The van der Waals surface area contributed by atoms with Crippen LogP contribution in [-0.4, -0.2) is 34.1 Å². The largest absolute Gasteiger partial charge is 0.312 e. The van der Waals surface area contributed by atoms with Gasteiger partial charge in [-0.1, -0.05) is 18.2 Å². The molecule has 0 radical (unpaired) electrons. The van der Waals surface area contributed by atoms with Crippen molar-refractivity contribution in [2.24, 2.45) is 0 Å². The molecule has 1 heterocycles. The highest BCUT2D eigenvalue weighted by atomic mass is 16.6.